The van der Waals surface area contributed by atoms with Crippen molar-refractivity contribution in [1.82, 2.24) is 0 Å². The van der Waals surface area contributed by atoms with Crippen molar-refractivity contribution in [1.29, 1.82) is 0 Å². The Balaban J connectivity index is 4.24. The average molecular weight is 261 g/mol. The molecule has 0 unspecified atom stereocenters. The molecule has 0 rings (SSSR count). The second-order valence-electron chi connectivity index (χ2n) is 2.44. The van der Waals surface area contributed by atoms with Gasteiger partial charge in [0, 0.05) is 0 Å². The Bertz CT molecular complexity index is 178. The Morgan fingerprint density at radius 2 is 1.77 bits per heavy atom. The van der Waals surface area contributed by atoms with E-state index in [-0.39, 0.29) is 0 Å². The summed E-state index contributed by atoms with van der Waals surface area (Å²) in [6.07, 6.45) is -7.98. The van der Waals surface area contributed by atoms with Gasteiger partial charge in [-0.05, 0) is 15.9 Å². The van der Waals surface area contributed by atoms with Gasteiger partial charge < -0.3 is 20.4 Å². The van der Waals surface area contributed by atoms with Crippen LogP contribution < -0.4 is 0 Å². The maximum absolute atomic E-state index is 12.7. The van der Waals surface area contributed by atoms with Gasteiger partial charge in [0.2, 0.25) is 4.69 Å². The molecule has 0 aliphatic heterocycles. The van der Waals surface area contributed by atoms with Crippen LogP contribution in [-0.2, 0) is 4.79 Å². The van der Waals surface area contributed by atoms with Crippen LogP contribution in [0.4, 0.5) is 4.39 Å². The molecular formula is C6H10BrFO5. The second kappa shape index (κ2) is 5.61. The first-order valence-electron chi connectivity index (χ1n) is 3.40. The zero-order valence-electron chi connectivity index (χ0n) is 6.47. The number of hydrogen-bond donors (Lipinski definition) is 4. The van der Waals surface area contributed by atoms with Gasteiger partial charge in [-0.15, -0.1) is 0 Å². The van der Waals surface area contributed by atoms with Crippen molar-refractivity contribution in [2.45, 2.75) is 24.5 Å². The summed E-state index contributed by atoms with van der Waals surface area (Å²) in [7, 11) is 0. The minimum absolute atomic E-state index is 0.832. The number of alkyl halides is 1. The van der Waals surface area contributed by atoms with Crippen LogP contribution in [0.1, 0.15) is 0 Å². The van der Waals surface area contributed by atoms with Crippen molar-refractivity contribution in [3.63, 3.8) is 0 Å². The van der Waals surface area contributed by atoms with E-state index in [0.29, 0.717) is 0 Å². The van der Waals surface area contributed by atoms with E-state index in [9.17, 15) is 9.18 Å². The van der Waals surface area contributed by atoms with E-state index in [0.717, 1.165) is 0 Å². The molecule has 4 N–H and O–H groups in total. The first-order chi connectivity index (χ1) is 5.91. The van der Waals surface area contributed by atoms with E-state index < -0.39 is 35.8 Å². The molecule has 0 heterocycles. The minimum Gasteiger partial charge on any atom is -0.394 e. The molecule has 0 radical (unpaired) electrons. The minimum atomic E-state index is -2.34. The Morgan fingerprint density at radius 1 is 1.31 bits per heavy atom. The largest absolute Gasteiger partial charge is 0.394 e. The van der Waals surface area contributed by atoms with Gasteiger partial charge in [0.15, 0.2) is 6.17 Å². The summed E-state index contributed by atoms with van der Waals surface area (Å²) in [4.78, 5) is 10.3. The quantitative estimate of drug-likeness (QED) is 0.443. The van der Waals surface area contributed by atoms with Crippen LogP contribution in [0.2, 0.25) is 0 Å². The number of carbonyl (C=O) groups excluding carboxylic acids is 1. The van der Waals surface area contributed by atoms with Crippen LogP contribution in [-0.4, -0.2) is 56.2 Å². The van der Waals surface area contributed by atoms with Crippen molar-refractivity contribution < 1.29 is 29.6 Å². The van der Waals surface area contributed by atoms with Crippen LogP contribution in [0.25, 0.3) is 0 Å². The summed E-state index contributed by atoms with van der Waals surface area (Å²) in [5, 5.41) is 35.0. The molecule has 7 heteroatoms. The smallest absolute Gasteiger partial charge is 0.234 e. The van der Waals surface area contributed by atoms with Crippen LogP contribution in [0.3, 0.4) is 0 Å². The number of rotatable bonds is 5. The molecule has 78 valence electrons. The number of halogens is 2. The van der Waals surface area contributed by atoms with Crippen LogP contribution in [0.15, 0.2) is 0 Å². The fourth-order valence-corrected chi connectivity index (χ4v) is 0.914. The van der Waals surface area contributed by atoms with E-state index in [1.807, 2.05) is 0 Å². The summed E-state index contributed by atoms with van der Waals surface area (Å²) in [6.45, 7) is -0.832. The third-order valence-corrected chi connectivity index (χ3v) is 1.89. The summed E-state index contributed by atoms with van der Waals surface area (Å²) in [5.41, 5.74) is 0. The third-order valence-electron chi connectivity index (χ3n) is 1.45. The van der Waals surface area contributed by atoms with Gasteiger partial charge in [0.05, 0.1) is 6.61 Å². The highest BCUT2D eigenvalue weighted by atomic mass is 79.9. The maximum Gasteiger partial charge on any atom is 0.234 e. The number of hydrogen-bond acceptors (Lipinski definition) is 5. The van der Waals surface area contributed by atoms with Crippen LogP contribution in [0, 0.1) is 0 Å². The van der Waals surface area contributed by atoms with E-state index in [1.165, 1.54) is 0 Å². The van der Waals surface area contributed by atoms with Gasteiger partial charge in [0.1, 0.15) is 18.3 Å². The Kier molecular flexibility index (Phi) is 5.57. The molecule has 4 atom stereocenters. The van der Waals surface area contributed by atoms with Crippen molar-refractivity contribution in [3.05, 3.63) is 0 Å². The molecule has 0 saturated carbocycles. The van der Waals surface area contributed by atoms with Crippen molar-refractivity contribution in [2.24, 2.45) is 0 Å². The SMILES string of the molecule is O=C(Br)[C@@H](F)[C@@H](O)[C@H](O)[C@H](O)CO. The van der Waals surface area contributed by atoms with Crippen molar-refractivity contribution >= 4 is 20.6 Å². The van der Waals surface area contributed by atoms with E-state index in [1.54, 1.807) is 0 Å². The van der Waals surface area contributed by atoms with Crippen LogP contribution >= 0.6 is 15.9 Å². The van der Waals surface area contributed by atoms with Gasteiger partial charge >= 0.3 is 0 Å². The number of aliphatic hydroxyl groups is 4. The predicted octanol–water partition coefficient (Wildman–Crippen LogP) is -1.68. The normalized spacial score (nSPS) is 20.5. The van der Waals surface area contributed by atoms with Gasteiger partial charge in [-0.25, -0.2) is 4.39 Å². The molecule has 0 aromatic rings. The second-order valence-corrected chi connectivity index (χ2v) is 3.22. The highest BCUT2D eigenvalue weighted by Crippen LogP contribution is 2.11. The summed E-state index contributed by atoms with van der Waals surface area (Å²) < 4.78 is 11.5. The first kappa shape index (κ1) is 12.9. The Labute approximate surface area is 81.9 Å². The first-order valence-corrected chi connectivity index (χ1v) is 4.19. The van der Waals surface area contributed by atoms with Gasteiger partial charge in [0.25, 0.3) is 0 Å². The molecule has 5 nitrogen and oxygen atoms in total. The van der Waals surface area contributed by atoms with E-state index in [2.05, 4.69) is 15.9 Å². The predicted molar refractivity (Wildman–Crippen MR) is 43.9 cm³/mol. The Hall–Kier alpha value is -0.0800. The molecule has 0 amide bonds. The summed E-state index contributed by atoms with van der Waals surface area (Å²) >= 11 is 2.25. The fourth-order valence-electron chi connectivity index (χ4n) is 0.643. The topological polar surface area (TPSA) is 98.0 Å². The molecule has 0 bridgehead atoms. The molecule has 0 fully saturated rings. The lowest BCUT2D eigenvalue weighted by Crippen LogP contribution is -2.46. The summed E-state index contributed by atoms with van der Waals surface area (Å²) in [6, 6.07) is 0. The monoisotopic (exact) mass is 260 g/mol. The highest BCUT2D eigenvalue weighted by Gasteiger charge is 2.34. The standard InChI is InChI=1S/C6H10BrFO5/c7-6(13)3(8)5(12)4(11)2(10)1-9/h2-5,9-12H,1H2/t2-,3+,4-,5-/m1/s1. The number of aliphatic hydroxyl groups excluding tert-OH is 4. The van der Waals surface area contributed by atoms with E-state index in [4.69, 9.17) is 20.4 Å². The number of carbonyl (C=O) groups is 1. The highest BCUT2D eigenvalue weighted by molar-refractivity contribution is 9.18. The molecule has 0 aromatic carbocycles. The average Bonchev–Trinajstić information content (AvgIpc) is 2.12. The van der Waals surface area contributed by atoms with E-state index >= 15 is 0 Å². The van der Waals surface area contributed by atoms with Crippen molar-refractivity contribution in [2.75, 3.05) is 6.61 Å². The molecule has 0 saturated heterocycles. The zero-order chi connectivity index (χ0) is 10.6. The lowest BCUT2D eigenvalue weighted by molar-refractivity contribution is -0.129. The van der Waals surface area contributed by atoms with Gasteiger partial charge in [-0.3, -0.25) is 4.79 Å². The third kappa shape index (κ3) is 3.65. The zero-order valence-corrected chi connectivity index (χ0v) is 8.06. The molecule has 0 aliphatic rings. The molecule has 0 aromatic heterocycles. The molecular weight excluding hydrogens is 251 g/mol. The lowest BCUT2D eigenvalue weighted by Gasteiger charge is -2.22. The fraction of sp³-hybridized carbons (Fsp3) is 0.833. The molecule has 0 aliphatic carbocycles. The van der Waals surface area contributed by atoms with Crippen molar-refractivity contribution in [3.8, 4) is 0 Å². The lowest BCUT2D eigenvalue weighted by atomic mass is 10.1. The summed E-state index contributed by atoms with van der Waals surface area (Å²) in [5.74, 6) is 0. The van der Waals surface area contributed by atoms with Gasteiger partial charge in [-0.1, -0.05) is 0 Å². The van der Waals surface area contributed by atoms with Gasteiger partial charge in [-0.2, -0.15) is 0 Å². The van der Waals surface area contributed by atoms with Crippen LogP contribution in [0.5, 0.6) is 0 Å². The maximum atomic E-state index is 12.7. The molecule has 0 spiro atoms. The molecule has 13 heavy (non-hydrogen) atoms. The Morgan fingerprint density at radius 3 is 2.08 bits per heavy atom.